The monoisotopic (exact) mass is 241 g/mol. The van der Waals surface area contributed by atoms with E-state index in [2.05, 4.69) is 60.6 Å². The highest BCUT2D eigenvalue weighted by molar-refractivity contribution is 5.51. The normalized spacial score (nSPS) is 11.5. The highest BCUT2D eigenvalue weighted by Crippen LogP contribution is 2.10. The van der Waals surface area contributed by atoms with Crippen LogP contribution in [0, 0.1) is 0 Å². The van der Waals surface area contributed by atoms with Crippen molar-refractivity contribution in [2.45, 2.75) is 19.9 Å². The van der Waals surface area contributed by atoms with Crippen LogP contribution in [0.4, 0.5) is 0 Å². The minimum absolute atomic E-state index is 0.526. The zero-order valence-corrected chi connectivity index (χ0v) is 10.9. The Morgan fingerprint density at radius 2 is 2.06 bits per heavy atom. The molecule has 0 aliphatic rings. The molecule has 0 bridgehead atoms. The summed E-state index contributed by atoms with van der Waals surface area (Å²) in [5.74, 6) is 0. The molecule has 3 nitrogen and oxygen atoms in total. The fourth-order valence-electron chi connectivity index (χ4n) is 1.67. The SMILES string of the molecule is CC(C)NCC=Cc1ccc(-n2ccnc2)cc1. The topological polar surface area (TPSA) is 29.9 Å². The number of aromatic nitrogens is 2. The summed E-state index contributed by atoms with van der Waals surface area (Å²) in [4.78, 5) is 4.04. The molecule has 3 heteroatoms. The van der Waals surface area contributed by atoms with Crippen molar-refractivity contribution in [3.8, 4) is 5.69 Å². The van der Waals surface area contributed by atoms with Gasteiger partial charge in [-0.1, -0.05) is 38.1 Å². The van der Waals surface area contributed by atoms with Crippen molar-refractivity contribution in [2.24, 2.45) is 0 Å². The second-order valence-electron chi connectivity index (χ2n) is 4.53. The van der Waals surface area contributed by atoms with Crippen LogP contribution in [0.5, 0.6) is 0 Å². The minimum Gasteiger partial charge on any atom is -0.311 e. The molecule has 0 fully saturated rings. The maximum Gasteiger partial charge on any atom is 0.0991 e. The molecule has 0 atom stereocenters. The van der Waals surface area contributed by atoms with Gasteiger partial charge < -0.3 is 9.88 Å². The molecule has 94 valence electrons. The molecule has 1 aromatic heterocycles. The molecule has 1 heterocycles. The van der Waals surface area contributed by atoms with Gasteiger partial charge in [0.15, 0.2) is 0 Å². The Bertz CT molecular complexity index is 481. The Kier molecular flexibility index (Phi) is 4.31. The Morgan fingerprint density at radius 1 is 1.28 bits per heavy atom. The van der Waals surface area contributed by atoms with Gasteiger partial charge in [-0.15, -0.1) is 0 Å². The van der Waals surface area contributed by atoms with Crippen LogP contribution in [0.15, 0.2) is 49.1 Å². The largest absolute Gasteiger partial charge is 0.311 e. The van der Waals surface area contributed by atoms with E-state index in [1.807, 2.05) is 10.8 Å². The summed E-state index contributed by atoms with van der Waals surface area (Å²) in [7, 11) is 0. The molecular weight excluding hydrogens is 222 g/mol. The molecule has 0 aliphatic heterocycles. The zero-order valence-electron chi connectivity index (χ0n) is 10.9. The third kappa shape index (κ3) is 3.57. The Balaban J connectivity index is 1.96. The summed E-state index contributed by atoms with van der Waals surface area (Å²) < 4.78 is 1.99. The van der Waals surface area contributed by atoms with Crippen LogP contribution in [0.3, 0.4) is 0 Å². The van der Waals surface area contributed by atoms with Crippen molar-refractivity contribution in [2.75, 3.05) is 6.54 Å². The Hall–Kier alpha value is -1.87. The first-order valence-electron chi connectivity index (χ1n) is 6.24. The third-order valence-corrected chi connectivity index (χ3v) is 2.65. The van der Waals surface area contributed by atoms with E-state index in [9.17, 15) is 0 Å². The summed E-state index contributed by atoms with van der Waals surface area (Å²) in [6.45, 7) is 5.20. The molecule has 1 aromatic carbocycles. The van der Waals surface area contributed by atoms with E-state index < -0.39 is 0 Å². The van der Waals surface area contributed by atoms with E-state index in [-0.39, 0.29) is 0 Å². The highest BCUT2D eigenvalue weighted by Gasteiger charge is 1.94. The summed E-state index contributed by atoms with van der Waals surface area (Å²) in [5.41, 5.74) is 2.34. The highest BCUT2D eigenvalue weighted by atomic mass is 15.0. The Morgan fingerprint density at radius 3 is 2.67 bits per heavy atom. The molecule has 0 saturated carbocycles. The summed E-state index contributed by atoms with van der Waals surface area (Å²) >= 11 is 0. The molecule has 0 unspecified atom stereocenters. The van der Waals surface area contributed by atoms with Crippen molar-refractivity contribution < 1.29 is 0 Å². The fraction of sp³-hybridized carbons (Fsp3) is 0.267. The van der Waals surface area contributed by atoms with E-state index in [4.69, 9.17) is 0 Å². The molecular formula is C15H19N3. The van der Waals surface area contributed by atoms with E-state index in [1.54, 1.807) is 12.5 Å². The molecule has 0 radical (unpaired) electrons. The Labute approximate surface area is 108 Å². The van der Waals surface area contributed by atoms with E-state index in [0.717, 1.165) is 12.2 Å². The first kappa shape index (κ1) is 12.6. The lowest BCUT2D eigenvalue weighted by Crippen LogP contribution is -2.22. The standard InChI is InChI=1S/C15H19N3/c1-13(2)17-9-3-4-14-5-7-15(8-6-14)18-11-10-16-12-18/h3-8,10-13,17H,9H2,1-2H3. The lowest BCUT2D eigenvalue weighted by Gasteiger charge is -2.04. The number of benzene rings is 1. The average molecular weight is 241 g/mol. The van der Waals surface area contributed by atoms with E-state index >= 15 is 0 Å². The summed E-state index contributed by atoms with van der Waals surface area (Å²) in [5, 5.41) is 3.35. The third-order valence-electron chi connectivity index (χ3n) is 2.65. The van der Waals surface area contributed by atoms with Crippen LogP contribution < -0.4 is 5.32 Å². The van der Waals surface area contributed by atoms with Crippen LogP contribution >= 0.6 is 0 Å². The van der Waals surface area contributed by atoms with Crippen molar-refractivity contribution in [3.05, 3.63) is 54.6 Å². The van der Waals surface area contributed by atoms with Crippen molar-refractivity contribution in [1.82, 2.24) is 14.9 Å². The molecule has 1 N–H and O–H groups in total. The van der Waals surface area contributed by atoms with E-state index in [0.29, 0.717) is 6.04 Å². The second kappa shape index (κ2) is 6.17. The van der Waals surface area contributed by atoms with Crippen molar-refractivity contribution in [3.63, 3.8) is 0 Å². The zero-order chi connectivity index (χ0) is 12.8. The summed E-state index contributed by atoms with van der Waals surface area (Å²) in [6, 6.07) is 8.94. The lowest BCUT2D eigenvalue weighted by molar-refractivity contribution is 0.633. The predicted molar refractivity (Wildman–Crippen MR) is 75.7 cm³/mol. The molecule has 2 rings (SSSR count). The smallest absolute Gasteiger partial charge is 0.0991 e. The molecule has 2 aromatic rings. The predicted octanol–water partition coefficient (Wildman–Crippen LogP) is 2.88. The van der Waals surface area contributed by atoms with Crippen molar-refractivity contribution in [1.29, 1.82) is 0 Å². The van der Waals surface area contributed by atoms with Crippen LogP contribution in [0.1, 0.15) is 19.4 Å². The first-order valence-corrected chi connectivity index (χ1v) is 6.24. The quantitative estimate of drug-likeness (QED) is 0.872. The minimum atomic E-state index is 0.526. The first-order chi connectivity index (χ1) is 8.75. The molecule has 0 aliphatic carbocycles. The van der Waals surface area contributed by atoms with Crippen LogP contribution in [0.2, 0.25) is 0 Å². The van der Waals surface area contributed by atoms with Gasteiger partial charge in [0.1, 0.15) is 0 Å². The number of nitrogens with zero attached hydrogens (tertiary/aromatic N) is 2. The average Bonchev–Trinajstić information content (AvgIpc) is 2.89. The fourth-order valence-corrected chi connectivity index (χ4v) is 1.67. The van der Waals surface area contributed by atoms with Gasteiger partial charge in [-0.3, -0.25) is 0 Å². The number of imidazole rings is 1. The lowest BCUT2D eigenvalue weighted by atomic mass is 10.2. The van der Waals surface area contributed by atoms with Gasteiger partial charge in [-0.25, -0.2) is 4.98 Å². The van der Waals surface area contributed by atoms with Crippen molar-refractivity contribution >= 4 is 6.08 Å². The number of nitrogens with one attached hydrogen (secondary N) is 1. The maximum absolute atomic E-state index is 4.04. The molecule has 18 heavy (non-hydrogen) atoms. The maximum atomic E-state index is 4.04. The van der Waals surface area contributed by atoms with Gasteiger partial charge in [0.25, 0.3) is 0 Å². The molecule has 0 spiro atoms. The molecule has 0 amide bonds. The van der Waals surface area contributed by atoms with Gasteiger partial charge in [-0.05, 0) is 17.7 Å². The van der Waals surface area contributed by atoms with Crippen LogP contribution in [0.25, 0.3) is 11.8 Å². The van der Waals surface area contributed by atoms with Gasteiger partial charge >= 0.3 is 0 Å². The molecule has 0 saturated heterocycles. The second-order valence-corrected chi connectivity index (χ2v) is 4.53. The number of rotatable bonds is 5. The number of hydrogen-bond acceptors (Lipinski definition) is 2. The van der Waals surface area contributed by atoms with Crippen LogP contribution in [-0.4, -0.2) is 22.1 Å². The van der Waals surface area contributed by atoms with Gasteiger partial charge in [-0.2, -0.15) is 0 Å². The van der Waals surface area contributed by atoms with Gasteiger partial charge in [0.2, 0.25) is 0 Å². The summed E-state index contributed by atoms with van der Waals surface area (Å²) in [6.07, 6.45) is 9.81. The van der Waals surface area contributed by atoms with Crippen LogP contribution in [-0.2, 0) is 0 Å². The van der Waals surface area contributed by atoms with E-state index in [1.165, 1.54) is 5.56 Å². The number of hydrogen-bond donors (Lipinski definition) is 1. The van der Waals surface area contributed by atoms with Gasteiger partial charge in [0.05, 0.1) is 6.33 Å². The van der Waals surface area contributed by atoms with Gasteiger partial charge in [0, 0.05) is 30.7 Å².